The van der Waals surface area contributed by atoms with Crippen molar-refractivity contribution in [3.8, 4) is 28.9 Å². The number of rotatable bonds is 8. The van der Waals surface area contributed by atoms with Gasteiger partial charge in [-0.1, -0.05) is 11.2 Å². The average Bonchev–Trinajstić information content (AvgIpc) is 3.42. The van der Waals surface area contributed by atoms with Gasteiger partial charge in [0.2, 0.25) is 5.82 Å². The number of anilines is 2. The third-order valence-electron chi connectivity index (χ3n) is 5.79. The molecule has 4 aromatic rings. The molecule has 13 heteroatoms. The Labute approximate surface area is 245 Å². The summed E-state index contributed by atoms with van der Waals surface area (Å²) in [6.45, 7) is 5.27. The van der Waals surface area contributed by atoms with Crippen LogP contribution in [0.1, 0.15) is 31.9 Å². The number of carbonyl (C=O) groups excluding carboxylic acids is 2. The molecule has 1 atom stereocenters. The van der Waals surface area contributed by atoms with Crippen molar-refractivity contribution in [1.82, 2.24) is 15.5 Å². The van der Waals surface area contributed by atoms with Crippen molar-refractivity contribution in [2.45, 2.75) is 38.8 Å². The van der Waals surface area contributed by atoms with Gasteiger partial charge in [-0.05, 0) is 87.0 Å². The molecular formula is C30H27FN6O6. The maximum Gasteiger partial charge on any atom is 0.412 e. The summed E-state index contributed by atoms with van der Waals surface area (Å²) < 4.78 is 25.6. The third kappa shape index (κ3) is 8.37. The Morgan fingerprint density at radius 3 is 2.28 bits per heavy atom. The molecule has 0 saturated heterocycles. The van der Waals surface area contributed by atoms with Crippen LogP contribution < -0.4 is 16.0 Å². The minimum absolute atomic E-state index is 0.0234. The van der Waals surface area contributed by atoms with Crippen molar-refractivity contribution in [3.63, 3.8) is 0 Å². The highest BCUT2D eigenvalue weighted by atomic mass is 19.1. The monoisotopic (exact) mass is 586 g/mol. The lowest BCUT2D eigenvalue weighted by Gasteiger charge is -2.19. The van der Waals surface area contributed by atoms with Crippen LogP contribution in [0.25, 0.3) is 22.8 Å². The fourth-order valence-corrected chi connectivity index (χ4v) is 3.82. The second-order valence-electron chi connectivity index (χ2n) is 10.3. The predicted octanol–water partition coefficient (Wildman–Crippen LogP) is 5.58. The van der Waals surface area contributed by atoms with Gasteiger partial charge >= 0.3 is 18.1 Å². The smallest absolute Gasteiger partial charge is 0.412 e. The Hall–Kier alpha value is -5.77. The lowest BCUT2D eigenvalue weighted by molar-refractivity contribution is -0.139. The van der Waals surface area contributed by atoms with Crippen molar-refractivity contribution in [2.75, 3.05) is 10.6 Å². The van der Waals surface area contributed by atoms with Crippen molar-refractivity contribution >= 4 is 29.5 Å². The first-order valence-electron chi connectivity index (χ1n) is 12.9. The van der Waals surface area contributed by atoms with Gasteiger partial charge in [0.05, 0.1) is 17.2 Å². The summed E-state index contributed by atoms with van der Waals surface area (Å²) in [4.78, 5) is 40.3. The number of carboxylic acid groups (broad SMARTS) is 1. The van der Waals surface area contributed by atoms with Gasteiger partial charge in [-0.2, -0.15) is 10.2 Å². The first-order chi connectivity index (χ1) is 20.4. The minimum atomic E-state index is -1.35. The number of hydrogen-bond acceptors (Lipinski definition) is 8. The molecule has 4 rings (SSSR count). The third-order valence-corrected chi connectivity index (χ3v) is 5.79. The summed E-state index contributed by atoms with van der Waals surface area (Å²) in [6.07, 6.45) is -0.801. The standard InChI is InChI=1S/C30H27FN6O6/c1-30(2,3)42-29(41)34-21-11-7-19(8-12-21)26-36-25(37-43-26)22-13-6-18(14-23(22)31)15-24(27(38)39)35-28(40)33-20-9-4-17(16-32)5-10-20/h4-14,24H,15H2,1-3H3,(H,34,41)(H,38,39)(H2,33,35,40). The minimum Gasteiger partial charge on any atom is -0.480 e. The van der Waals surface area contributed by atoms with E-state index in [1.54, 1.807) is 45.0 Å². The van der Waals surface area contributed by atoms with E-state index in [1.165, 1.54) is 36.4 Å². The molecule has 4 N–H and O–H groups in total. The fourth-order valence-electron chi connectivity index (χ4n) is 3.82. The molecular weight excluding hydrogens is 559 g/mol. The van der Waals surface area contributed by atoms with E-state index in [-0.39, 0.29) is 23.7 Å². The van der Waals surface area contributed by atoms with Gasteiger partial charge in [0.1, 0.15) is 17.5 Å². The summed E-state index contributed by atoms with van der Waals surface area (Å²) in [6, 6.07) is 16.4. The summed E-state index contributed by atoms with van der Waals surface area (Å²) in [5, 5.41) is 29.8. The number of ether oxygens (including phenoxy) is 1. The van der Waals surface area contributed by atoms with Crippen LogP contribution in [0.2, 0.25) is 0 Å². The number of aromatic nitrogens is 2. The molecule has 0 fully saturated rings. The van der Waals surface area contributed by atoms with Crippen molar-refractivity contribution in [1.29, 1.82) is 5.26 Å². The lowest BCUT2D eigenvalue weighted by Crippen LogP contribution is -2.44. The molecule has 0 aliphatic carbocycles. The number of carboxylic acids is 1. The Kier molecular flexibility index (Phi) is 9.00. The van der Waals surface area contributed by atoms with Crippen molar-refractivity contribution < 1.29 is 33.1 Å². The van der Waals surface area contributed by atoms with Crippen molar-refractivity contribution in [2.24, 2.45) is 0 Å². The van der Waals surface area contributed by atoms with Crippen LogP contribution in [-0.4, -0.2) is 45.0 Å². The highest BCUT2D eigenvalue weighted by molar-refractivity contribution is 5.92. The van der Waals surface area contributed by atoms with Crippen LogP contribution >= 0.6 is 0 Å². The van der Waals surface area contributed by atoms with E-state index in [9.17, 15) is 19.5 Å². The largest absolute Gasteiger partial charge is 0.480 e. The van der Waals surface area contributed by atoms with Gasteiger partial charge < -0.3 is 25.0 Å². The van der Waals surface area contributed by atoms with Crippen LogP contribution in [0.5, 0.6) is 0 Å². The number of nitrogens with one attached hydrogen (secondary N) is 3. The molecule has 0 spiro atoms. The van der Waals surface area contributed by atoms with E-state index >= 15 is 4.39 Å². The van der Waals surface area contributed by atoms with Gasteiger partial charge in [-0.3, -0.25) is 5.32 Å². The van der Waals surface area contributed by atoms with Gasteiger partial charge in [0.25, 0.3) is 5.89 Å². The van der Waals surface area contributed by atoms with Gasteiger partial charge in [0, 0.05) is 23.4 Å². The molecule has 1 heterocycles. The molecule has 0 aliphatic heterocycles. The summed E-state index contributed by atoms with van der Waals surface area (Å²) >= 11 is 0. The van der Waals surface area contributed by atoms with E-state index in [0.29, 0.717) is 28.1 Å². The molecule has 0 radical (unpaired) electrons. The first kappa shape index (κ1) is 30.2. The average molecular weight is 587 g/mol. The van der Waals surface area contributed by atoms with Crippen LogP contribution in [0, 0.1) is 17.1 Å². The Morgan fingerprint density at radius 1 is 1.02 bits per heavy atom. The van der Waals surface area contributed by atoms with E-state index in [4.69, 9.17) is 14.5 Å². The Balaban J connectivity index is 1.40. The number of carbonyl (C=O) groups is 3. The number of aliphatic carboxylic acids is 1. The van der Waals surface area contributed by atoms with E-state index in [0.717, 1.165) is 6.07 Å². The normalized spacial score (nSPS) is 11.6. The summed E-state index contributed by atoms with van der Waals surface area (Å²) in [7, 11) is 0. The molecule has 220 valence electrons. The number of halogens is 1. The van der Waals surface area contributed by atoms with Crippen LogP contribution in [0.4, 0.5) is 25.4 Å². The maximum absolute atomic E-state index is 15.1. The van der Waals surface area contributed by atoms with E-state index < -0.39 is 35.6 Å². The highest BCUT2D eigenvalue weighted by Crippen LogP contribution is 2.26. The predicted molar refractivity (Wildman–Crippen MR) is 153 cm³/mol. The Morgan fingerprint density at radius 2 is 1.67 bits per heavy atom. The number of amides is 3. The Bertz CT molecular complexity index is 1670. The molecule has 0 aliphatic rings. The zero-order chi connectivity index (χ0) is 31.1. The molecule has 0 bridgehead atoms. The topological polar surface area (TPSA) is 179 Å². The quantitative estimate of drug-likeness (QED) is 0.205. The summed E-state index contributed by atoms with van der Waals surface area (Å²) in [5.74, 6) is -1.93. The van der Waals surface area contributed by atoms with Gasteiger partial charge in [-0.25, -0.2) is 18.8 Å². The number of nitriles is 1. The van der Waals surface area contributed by atoms with E-state index in [2.05, 4.69) is 26.1 Å². The molecule has 1 unspecified atom stereocenters. The number of urea groups is 1. The second kappa shape index (κ2) is 12.8. The van der Waals surface area contributed by atoms with E-state index in [1.807, 2.05) is 6.07 Å². The zero-order valence-electron chi connectivity index (χ0n) is 23.3. The number of benzene rings is 3. The molecule has 43 heavy (non-hydrogen) atoms. The second-order valence-corrected chi connectivity index (χ2v) is 10.3. The molecule has 3 aromatic carbocycles. The number of hydrogen-bond donors (Lipinski definition) is 4. The highest BCUT2D eigenvalue weighted by Gasteiger charge is 2.22. The zero-order valence-corrected chi connectivity index (χ0v) is 23.3. The molecule has 1 aromatic heterocycles. The SMILES string of the molecule is CC(C)(C)OC(=O)Nc1ccc(-c2nc(-c3ccc(CC(NC(=O)Nc4ccc(C#N)cc4)C(=O)O)cc3F)no2)cc1. The molecule has 3 amide bonds. The number of nitrogens with zero attached hydrogens (tertiary/aromatic N) is 3. The van der Waals surface area contributed by atoms with Gasteiger partial charge in [0.15, 0.2) is 0 Å². The van der Waals surface area contributed by atoms with Crippen LogP contribution in [0.15, 0.2) is 71.3 Å². The van der Waals surface area contributed by atoms with Crippen LogP contribution in [0.3, 0.4) is 0 Å². The van der Waals surface area contributed by atoms with Crippen LogP contribution in [-0.2, 0) is 16.0 Å². The van der Waals surface area contributed by atoms with Gasteiger partial charge in [-0.15, -0.1) is 0 Å². The first-order valence-corrected chi connectivity index (χ1v) is 12.9. The lowest BCUT2D eigenvalue weighted by atomic mass is 10.0. The molecule has 12 nitrogen and oxygen atoms in total. The van der Waals surface area contributed by atoms with Crippen molar-refractivity contribution in [3.05, 3.63) is 83.7 Å². The maximum atomic E-state index is 15.1. The molecule has 0 saturated carbocycles. The summed E-state index contributed by atoms with van der Waals surface area (Å²) in [5.41, 5.74) is 1.48. The fraction of sp³-hybridized carbons (Fsp3) is 0.200.